The topological polar surface area (TPSA) is 69.7 Å². The van der Waals surface area contributed by atoms with Crippen molar-refractivity contribution in [2.45, 2.75) is 26.2 Å². The average Bonchev–Trinajstić information content (AvgIpc) is 2.58. The van der Waals surface area contributed by atoms with Gasteiger partial charge in [0.2, 0.25) is 0 Å². The van der Waals surface area contributed by atoms with Gasteiger partial charge in [-0.2, -0.15) is 0 Å². The number of esters is 3. The Morgan fingerprint density at radius 2 is 2.06 bits per heavy atom. The fourth-order valence-electron chi connectivity index (χ4n) is 1.40. The minimum absolute atomic E-state index is 0.0533. The van der Waals surface area contributed by atoms with Crippen LogP contribution in [0.3, 0.4) is 0 Å². The van der Waals surface area contributed by atoms with Crippen LogP contribution in [0.5, 0.6) is 0 Å². The molecule has 1 aliphatic rings. The van der Waals surface area contributed by atoms with Gasteiger partial charge in [-0.1, -0.05) is 19.1 Å². The van der Waals surface area contributed by atoms with Gasteiger partial charge in [0, 0.05) is 6.42 Å². The van der Waals surface area contributed by atoms with E-state index in [1.807, 2.05) is 6.92 Å². The lowest BCUT2D eigenvalue weighted by Crippen LogP contribution is -2.05. The van der Waals surface area contributed by atoms with Gasteiger partial charge in [-0.15, -0.1) is 0 Å². The molecule has 0 radical (unpaired) electrons. The second-order valence-corrected chi connectivity index (χ2v) is 3.46. The third kappa shape index (κ3) is 3.27. The first-order chi connectivity index (χ1) is 8.10. The van der Waals surface area contributed by atoms with E-state index in [1.165, 1.54) is 7.11 Å². The molecular weight excluding hydrogens is 224 g/mol. The number of methoxy groups -OCH3 is 1. The standard InChI is InChI=1S/C12H14O5/c1-3-4-5-8-9(6-7-10(13)16-2)12(15)17-11(8)14/h4-5H,3,6-7H2,1-2H3/b5-4+. The number of cyclic esters (lactones) is 2. The van der Waals surface area contributed by atoms with Crippen LogP contribution in [-0.4, -0.2) is 25.0 Å². The molecule has 1 heterocycles. The highest BCUT2D eigenvalue weighted by Gasteiger charge is 2.31. The molecule has 0 saturated heterocycles. The highest BCUT2D eigenvalue weighted by atomic mass is 16.6. The molecule has 0 saturated carbocycles. The highest BCUT2D eigenvalue weighted by Crippen LogP contribution is 2.23. The SMILES string of the molecule is CC/C=C/C1=C(CCC(=O)OC)C(=O)OC1=O. The number of carbonyl (C=O) groups excluding carboxylic acids is 3. The van der Waals surface area contributed by atoms with E-state index in [9.17, 15) is 14.4 Å². The van der Waals surface area contributed by atoms with Crippen LogP contribution in [0.25, 0.3) is 0 Å². The highest BCUT2D eigenvalue weighted by molar-refractivity contribution is 6.14. The molecule has 0 unspecified atom stereocenters. The monoisotopic (exact) mass is 238 g/mol. The van der Waals surface area contributed by atoms with Crippen LogP contribution >= 0.6 is 0 Å². The second kappa shape index (κ2) is 5.98. The molecule has 0 N–H and O–H groups in total. The van der Waals surface area contributed by atoms with Crippen molar-refractivity contribution in [3.8, 4) is 0 Å². The van der Waals surface area contributed by atoms with Crippen molar-refractivity contribution in [2.24, 2.45) is 0 Å². The molecule has 5 heteroatoms. The Hall–Kier alpha value is -1.91. The number of carbonyl (C=O) groups is 3. The van der Waals surface area contributed by atoms with Gasteiger partial charge < -0.3 is 9.47 Å². The molecule has 0 bridgehead atoms. The number of allylic oxidation sites excluding steroid dienone is 1. The summed E-state index contributed by atoms with van der Waals surface area (Å²) in [6, 6.07) is 0. The molecule has 5 nitrogen and oxygen atoms in total. The zero-order chi connectivity index (χ0) is 12.8. The zero-order valence-corrected chi connectivity index (χ0v) is 9.82. The maximum atomic E-state index is 11.4. The third-order valence-corrected chi connectivity index (χ3v) is 2.30. The zero-order valence-electron chi connectivity index (χ0n) is 9.82. The van der Waals surface area contributed by atoms with E-state index in [1.54, 1.807) is 12.2 Å². The summed E-state index contributed by atoms with van der Waals surface area (Å²) in [5, 5.41) is 0. The Morgan fingerprint density at radius 1 is 1.35 bits per heavy atom. The van der Waals surface area contributed by atoms with Gasteiger partial charge >= 0.3 is 17.9 Å². The molecule has 0 amide bonds. The van der Waals surface area contributed by atoms with Crippen molar-refractivity contribution in [3.05, 3.63) is 23.3 Å². The van der Waals surface area contributed by atoms with E-state index >= 15 is 0 Å². The lowest BCUT2D eigenvalue weighted by atomic mass is 10.0. The molecule has 0 aromatic heterocycles. The van der Waals surface area contributed by atoms with Gasteiger partial charge in [-0.3, -0.25) is 4.79 Å². The average molecular weight is 238 g/mol. The predicted octanol–water partition coefficient (Wildman–Crippen LogP) is 1.29. The molecule has 1 rings (SSSR count). The van der Waals surface area contributed by atoms with Crippen molar-refractivity contribution in [1.29, 1.82) is 0 Å². The molecule has 0 fully saturated rings. The van der Waals surface area contributed by atoms with Crippen LogP contribution in [0.1, 0.15) is 26.2 Å². The fourth-order valence-corrected chi connectivity index (χ4v) is 1.40. The summed E-state index contributed by atoms with van der Waals surface area (Å²) in [7, 11) is 1.27. The summed E-state index contributed by atoms with van der Waals surface area (Å²) in [6.45, 7) is 1.91. The first-order valence-corrected chi connectivity index (χ1v) is 5.33. The first-order valence-electron chi connectivity index (χ1n) is 5.33. The van der Waals surface area contributed by atoms with E-state index in [0.29, 0.717) is 0 Å². The summed E-state index contributed by atoms with van der Waals surface area (Å²) in [6.07, 6.45) is 4.26. The summed E-state index contributed by atoms with van der Waals surface area (Å²) in [5.74, 6) is -1.75. The van der Waals surface area contributed by atoms with Crippen LogP contribution in [0, 0.1) is 0 Å². The molecule has 17 heavy (non-hydrogen) atoms. The smallest absolute Gasteiger partial charge is 0.346 e. The normalized spacial score (nSPS) is 15.6. The third-order valence-electron chi connectivity index (χ3n) is 2.30. The number of rotatable bonds is 5. The maximum absolute atomic E-state index is 11.4. The number of hydrogen-bond donors (Lipinski definition) is 0. The quantitative estimate of drug-likeness (QED) is 0.533. The Kier molecular flexibility index (Phi) is 4.63. The van der Waals surface area contributed by atoms with Gasteiger partial charge in [0.1, 0.15) is 0 Å². The molecule has 0 aromatic carbocycles. The maximum Gasteiger partial charge on any atom is 0.346 e. The summed E-state index contributed by atoms with van der Waals surface area (Å²) in [5.41, 5.74) is 0.478. The Bertz CT molecular complexity index is 403. The lowest BCUT2D eigenvalue weighted by molar-refractivity contribution is -0.151. The Balaban J connectivity index is 2.84. The van der Waals surface area contributed by atoms with Gasteiger partial charge in [-0.25, -0.2) is 9.59 Å². The predicted molar refractivity (Wildman–Crippen MR) is 58.8 cm³/mol. The lowest BCUT2D eigenvalue weighted by Gasteiger charge is -1.98. The van der Waals surface area contributed by atoms with Crippen LogP contribution in [0.15, 0.2) is 23.3 Å². The van der Waals surface area contributed by atoms with Gasteiger partial charge in [0.05, 0.1) is 18.3 Å². The van der Waals surface area contributed by atoms with Crippen LogP contribution < -0.4 is 0 Å². The number of ether oxygens (including phenoxy) is 2. The summed E-state index contributed by atoms with van der Waals surface area (Å²) in [4.78, 5) is 33.7. The van der Waals surface area contributed by atoms with Crippen molar-refractivity contribution in [3.63, 3.8) is 0 Å². The Morgan fingerprint density at radius 3 is 2.65 bits per heavy atom. The molecule has 0 aromatic rings. The van der Waals surface area contributed by atoms with Gasteiger partial charge in [-0.05, 0) is 12.8 Å². The van der Waals surface area contributed by atoms with Crippen LogP contribution in [-0.2, 0) is 23.9 Å². The van der Waals surface area contributed by atoms with Crippen molar-refractivity contribution < 1.29 is 23.9 Å². The molecule has 0 atom stereocenters. The molecule has 0 aliphatic carbocycles. The van der Waals surface area contributed by atoms with E-state index in [0.717, 1.165) is 6.42 Å². The van der Waals surface area contributed by atoms with Crippen LogP contribution in [0.2, 0.25) is 0 Å². The molecule has 1 aliphatic heterocycles. The van der Waals surface area contributed by atoms with E-state index < -0.39 is 17.9 Å². The van der Waals surface area contributed by atoms with E-state index in [2.05, 4.69) is 9.47 Å². The van der Waals surface area contributed by atoms with Gasteiger partial charge in [0.15, 0.2) is 0 Å². The van der Waals surface area contributed by atoms with Crippen molar-refractivity contribution >= 4 is 17.9 Å². The minimum Gasteiger partial charge on any atom is -0.469 e. The van der Waals surface area contributed by atoms with E-state index in [-0.39, 0.29) is 24.0 Å². The van der Waals surface area contributed by atoms with Gasteiger partial charge in [0.25, 0.3) is 0 Å². The second-order valence-electron chi connectivity index (χ2n) is 3.46. The van der Waals surface area contributed by atoms with Crippen molar-refractivity contribution in [2.75, 3.05) is 7.11 Å². The molecular formula is C12H14O5. The van der Waals surface area contributed by atoms with Crippen LogP contribution in [0.4, 0.5) is 0 Å². The largest absolute Gasteiger partial charge is 0.469 e. The summed E-state index contributed by atoms with van der Waals surface area (Å²) < 4.78 is 8.97. The fraction of sp³-hybridized carbons (Fsp3) is 0.417. The molecule has 0 spiro atoms. The summed E-state index contributed by atoms with van der Waals surface area (Å²) >= 11 is 0. The van der Waals surface area contributed by atoms with Crippen molar-refractivity contribution in [1.82, 2.24) is 0 Å². The molecule has 92 valence electrons. The minimum atomic E-state index is -0.672. The first kappa shape index (κ1) is 13.2. The van der Waals surface area contributed by atoms with E-state index in [4.69, 9.17) is 0 Å². The number of hydrogen-bond acceptors (Lipinski definition) is 5. The Labute approximate surface area is 99.1 Å².